The van der Waals surface area contributed by atoms with Crippen molar-refractivity contribution in [3.8, 4) is 0 Å². The lowest BCUT2D eigenvalue weighted by molar-refractivity contribution is -0.129. The van der Waals surface area contributed by atoms with E-state index in [1.807, 2.05) is 13.8 Å². The number of carbonyl (C=O) groups is 3. The number of hydrogen-bond acceptors (Lipinski definition) is 5. The highest BCUT2D eigenvalue weighted by Crippen LogP contribution is 2.22. The van der Waals surface area contributed by atoms with E-state index in [9.17, 15) is 14.4 Å². The van der Waals surface area contributed by atoms with Crippen LogP contribution >= 0.6 is 0 Å². The van der Waals surface area contributed by atoms with E-state index in [1.165, 1.54) is 0 Å². The van der Waals surface area contributed by atoms with Crippen molar-refractivity contribution < 1.29 is 18.9 Å². The van der Waals surface area contributed by atoms with Gasteiger partial charge in [-0.05, 0) is 45.0 Å². The van der Waals surface area contributed by atoms with Gasteiger partial charge in [0.05, 0.1) is 5.92 Å². The largest absolute Gasteiger partial charge is 0.360 e. The van der Waals surface area contributed by atoms with Gasteiger partial charge in [-0.25, -0.2) is 0 Å². The summed E-state index contributed by atoms with van der Waals surface area (Å²) in [5.41, 5.74) is 1.000. The molecule has 8 nitrogen and oxygen atoms in total. The summed E-state index contributed by atoms with van der Waals surface area (Å²) in [7, 11) is 0. The van der Waals surface area contributed by atoms with Crippen molar-refractivity contribution in [1.29, 1.82) is 0 Å². The van der Waals surface area contributed by atoms with E-state index in [1.54, 1.807) is 42.2 Å². The lowest BCUT2D eigenvalue weighted by atomic mass is 10.1. The lowest BCUT2D eigenvalue weighted by Gasteiger charge is -2.20. The van der Waals surface area contributed by atoms with E-state index in [0.29, 0.717) is 29.4 Å². The first-order chi connectivity index (χ1) is 12.8. The number of benzene rings is 1. The molecule has 1 aliphatic heterocycles. The Balaban J connectivity index is 1.58. The molecule has 0 saturated carbocycles. The van der Waals surface area contributed by atoms with Gasteiger partial charge in [0.15, 0.2) is 5.82 Å². The van der Waals surface area contributed by atoms with Crippen LogP contribution in [0.5, 0.6) is 0 Å². The molecule has 3 amide bonds. The fourth-order valence-electron chi connectivity index (χ4n) is 2.97. The molecule has 2 N–H and O–H groups in total. The molecule has 0 spiro atoms. The molecule has 1 aromatic carbocycles. The molecule has 1 aliphatic rings. The number of rotatable bonds is 5. The minimum atomic E-state index is -0.363. The Morgan fingerprint density at radius 3 is 2.48 bits per heavy atom. The molecule has 1 fully saturated rings. The molecule has 27 heavy (non-hydrogen) atoms. The van der Waals surface area contributed by atoms with Crippen LogP contribution in [-0.4, -0.2) is 40.4 Å². The molecule has 2 heterocycles. The first-order valence-electron chi connectivity index (χ1n) is 8.78. The standard InChI is InChI=1S/C19H22N4O4/c1-11(2)23-10-14(9-17(23)24)19(26)20-15-6-4-13(5-7-15)18(25)21-16-8-12(3)27-22-16/h4-8,11,14H,9-10H2,1-3H3,(H,20,26)(H,21,22,25). The van der Waals surface area contributed by atoms with E-state index < -0.39 is 0 Å². The molecule has 0 aliphatic carbocycles. The van der Waals surface area contributed by atoms with Crippen LogP contribution in [0.4, 0.5) is 11.5 Å². The summed E-state index contributed by atoms with van der Waals surface area (Å²) < 4.78 is 4.90. The summed E-state index contributed by atoms with van der Waals surface area (Å²) in [6.07, 6.45) is 0.224. The predicted molar refractivity (Wildman–Crippen MR) is 99.2 cm³/mol. The number of amides is 3. The van der Waals surface area contributed by atoms with Crippen molar-refractivity contribution in [3.63, 3.8) is 0 Å². The minimum absolute atomic E-state index is 0.000242. The Morgan fingerprint density at radius 1 is 1.22 bits per heavy atom. The number of aryl methyl sites for hydroxylation is 1. The molecule has 0 bridgehead atoms. The molecular weight excluding hydrogens is 348 g/mol. The normalized spacial score (nSPS) is 16.7. The van der Waals surface area contributed by atoms with E-state index >= 15 is 0 Å². The molecule has 1 aromatic heterocycles. The monoisotopic (exact) mass is 370 g/mol. The molecule has 142 valence electrons. The number of hydrogen-bond donors (Lipinski definition) is 2. The first kappa shape index (κ1) is 18.6. The van der Waals surface area contributed by atoms with Crippen LogP contribution < -0.4 is 10.6 Å². The van der Waals surface area contributed by atoms with Gasteiger partial charge in [0, 0.05) is 36.3 Å². The second kappa shape index (κ2) is 7.61. The molecule has 8 heteroatoms. The summed E-state index contributed by atoms with van der Waals surface area (Å²) in [5.74, 6) is 0.0655. The summed E-state index contributed by atoms with van der Waals surface area (Å²) >= 11 is 0. The zero-order chi connectivity index (χ0) is 19.6. The molecule has 3 rings (SSSR count). The Bertz CT molecular complexity index is 857. The topological polar surface area (TPSA) is 105 Å². The van der Waals surface area contributed by atoms with Crippen molar-refractivity contribution in [2.24, 2.45) is 5.92 Å². The van der Waals surface area contributed by atoms with E-state index in [2.05, 4.69) is 15.8 Å². The third kappa shape index (κ3) is 4.33. The zero-order valence-corrected chi connectivity index (χ0v) is 15.5. The van der Waals surface area contributed by atoms with Gasteiger partial charge >= 0.3 is 0 Å². The number of anilines is 2. The maximum Gasteiger partial charge on any atom is 0.256 e. The van der Waals surface area contributed by atoms with E-state index in [-0.39, 0.29) is 36.1 Å². The van der Waals surface area contributed by atoms with Crippen molar-refractivity contribution >= 4 is 29.2 Å². The fourth-order valence-corrected chi connectivity index (χ4v) is 2.97. The van der Waals surface area contributed by atoms with E-state index in [0.717, 1.165) is 0 Å². The molecule has 1 saturated heterocycles. The second-order valence-corrected chi connectivity index (χ2v) is 6.88. The first-order valence-corrected chi connectivity index (χ1v) is 8.78. The van der Waals surface area contributed by atoms with Crippen LogP contribution in [0, 0.1) is 12.8 Å². The van der Waals surface area contributed by atoms with E-state index in [4.69, 9.17) is 4.52 Å². The van der Waals surface area contributed by atoms with Crippen LogP contribution in [0.3, 0.4) is 0 Å². The van der Waals surface area contributed by atoms with Gasteiger partial charge in [0.25, 0.3) is 5.91 Å². The van der Waals surface area contributed by atoms with Crippen molar-refractivity contribution in [2.45, 2.75) is 33.2 Å². The van der Waals surface area contributed by atoms with Crippen LogP contribution in [-0.2, 0) is 9.59 Å². The Hall–Kier alpha value is -3.16. The molecular formula is C19H22N4O4. The van der Waals surface area contributed by atoms with Gasteiger partial charge in [-0.1, -0.05) is 5.16 Å². The predicted octanol–water partition coefficient (Wildman–Crippen LogP) is 2.43. The Labute approximate surface area is 156 Å². The minimum Gasteiger partial charge on any atom is -0.360 e. The third-order valence-electron chi connectivity index (χ3n) is 4.44. The number of aromatic nitrogens is 1. The molecule has 0 radical (unpaired) electrons. The van der Waals surface area contributed by atoms with Gasteiger partial charge < -0.3 is 20.1 Å². The highest BCUT2D eigenvalue weighted by atomic mass is 16.5. The quantitative estimate of drug-likeness (QED) is 0.841. The van der Waals surface area contributed by atoms with Gasteiger partial charge in [0.2, 0.25) is 11.8 Å². The number of carbonyl (C=O) groups excluding carboxylic acids is 3. The average Bonchev–Trinajstić information content (AvgIpc) is 3.21. The summed E-state index contributed by atoms with van der Waals surface area (Å²) in [4.78, 5) is 38.2. The molecule has 2 aromatic rings. The van der Waals surface area contributed by atoms with Crippen molar-refractivity contribution in [2.75, 3.05) is 17.2 Å². The van der Waals surface area contributed by atoms with Gasteiger partial charge in [-0.3, -0.25) is 14.4 Å². The van der Waals surface area contributed by atoms with Crippen LogP contribution in [0.15, 0.2) is 34.9 Å². The zero-order valence-electron chi connectivity index (χ0n) is 15.5. The highest BCUT2D eigenvalue weighted by molar-refractivity contribution is 6.04. The van der Waals surface area contributed by atoms with Gasteiger partial charge in [-0.2, -0.15) is 0 Å². The Kier molecular flexibility index (Phi) is 5.25. The maximum atomic E-state index is 12.4. The lowest BCUT2D eigenvalue weighted by Crippen LogP contribution is -2.33. The number of likely N-dealkylation sites (tertiary alicyclic amines) is 1. The number of nitrogens with one attached hydrogen (secondary N) is 2. The van der Waals surface area contributed by atoms with Crippen LogP contribution in [0.2, 0.25) is 0 Å². The fraction of sp³-hybridized carbons (Fsp3) is 0.368. The third-order valence-corrected chi connectivity index (χ3v) is 4.44. The van der Waals surface area contributed by atoms with Gasteiger partial charge in [0.1, 0.15) is 5.76 Å². The van der Waals surface area contributed by atoms with Crippen molar-refractivity contribution in [3.05, 3.63) is 41.7 Å². The number of nitrogens with zero attached hydrogens (tertiary/aromatic N) is 2. The van der Waals surface area contributed by atoms with Gasteiger partial charge in [-0.15, -0.1) is 0 Å². The van der Waals surface area contributed by atoms with Crippen molar-refractivity contribution in [1.82, 2.24) is 10.1 Å². The highest BCUT2D eigenvalue weighted by Gasteiger charge is 2.35. The smallest absolute Gasteiger partial charge is 0.256 e. The van der Waals surface area contributed by atoms with Crippen LogP contribution in [0.25, 0.3) is 0 Å². The molecule has 1 atom stereocenters. The Morgan fingerprint density at radius 2 is 1.93 bits per heavy atom. The second-order valence-electron chi connectivity index (χ2n) is 6.88. The molecule has 1 unspecified atom stereocenters. The van der Waals surface area contributed by atoms with Crippen LogP contribution in [0.1, 0.15) is 36.4 Å². The summed E-state index contributed by atoms with van der Waals surface area (Å²) in [6, 6.07) is 8.23. The SMILES string of the molecule is Cc1cc(NC(=O)c2ccc(NC(=O)C3CC(=O)N(C(C)C)C3)cc2)no1. The summed E-state index contributed by atoms with van der Waals surface area (Å²) in [5, 5.41) is 9.15. The summed E-state index contributed by atoms with van der Waals surface area (Å²) in [6.45, 7) is 6.03. The average molecular weight is 370 g/mol. The maximum absolute atomic E-state index is 12.4.